The lowest BCUT2D eigenvalue weighted by molar-refractivity contribution is -0.122. The van der Waals surface area contributed by atoms with Crippen molar-refractivity contribution in [3.05, 3.63) is 74.1 Å². The molecule has 9 heteroatoms. The van der Waals surface area contributed by atoms with Crippen LogP contribution in [-0.2, 0) is 11.3 Å². The predicted octanol–water partition coefficient (Wildman–Crippen LogP) is 3.28. The van der Waals surface area contributed by atoms with Crippen LogP contribution in [0.5, 0.6) is 0 Å². The second-order valence-electron chi connectivity index (χ2n) is 6.12. The Hall–Kier alpha value is -2.90. The number of carboxylic acid groups (broad SMARTS) is 1. The van der Waals surface area contributed by atoms with Gasteiger partial charge in [-0.3, -0.25) is 9.59 Å². The van der Waals surface area contributed by atoms with Gasteiger partial charge in [0.2, 0.25) is 5.91 Å². The van der Waals surface area contributed by atoms with E-state index < -0.39 is 30.0 Å². The van der Waals surface area contributed by atoms with Crippen LogP contribution in [0.2, 0.25) is 10.0 Å². The molecule has 144 valence electrons. The number of nitrogens with zero attached hydrogens (tertiary/aromatic N) is 2. The van der Waals surface area contributed by atoms with Gasteiger partial charge in [0.25, 0.3) is 5.56 Å². The number of fused-ring (bicyclic) bond motifs is 1. The van der Waals surface area contributed by atoms with E-state index >= 15 is 0 Å². The Morgan fingerprint density at radius 2 is 1.86 bits per heavy atom. The maximum absolute atomic E-state index is 12.6. The third-order valence-electron chi connectivity index (χ3n) is 4.17. The van der Waals surface area contributed by atoms with Crippen molar-refractivity contribution in [3.8, 4) is 0 Å². The summed E-state index contributed by atoms with van der Waals surface area (Å²) in [6.07, 6.45) is 0. The van der Waals surface area contributed by atoms with Crippen molar-refractivity contribution in [1.82, 2.24) is 15.1 Å². The van der Waals surface area contributed by atoms with E-state index in [-0.39, 0.29) is 16.5 Å². The number of aromatic nitrogens is 2. The zero-order valence-corrected chi connectivity index (χ0v) is 16.2. The molecule has 28 heavy (non-hydrogen) atoms. The van der Waals surface area contributed by atoms with Crippen LogP contribution in [0.25, 0.3) is 10.8 Å². The van der Waals surface area contributed by atoms with E-state index in [1.54, 1.807) is 37.3 Å². The molecule has 3 aromatic rings. The molecule has 2 aromatic carbocycles. The number of benzene rings is 2. The molecule has 1 aromatic heterocycles. The third kappa shape index (κ3) is 4.00. The van der Waals surface area contributed by atoms with Gasteiger partial charge in [-0.1, -0.05) is 47.5 Å². The van der Waals surface area contributed by atoms with Crippen LogP contribution < -0.4 is 10.9 Å². The molecule has 0 saturated carbocycles. The smallest absolute Gasteiger partial charge is 0.357 e. The van der Waals surface area contributed by atoms with Crippen LogP contribution in [-0.4, -0.2) is 26.8 Å². The number of rotatable bonds is 5. The SMILES string of the molecule is C[C@@H](NC(=O)Cn1nc(C(=O)O)c2ccccc2c1=O)c1ccc(Cl)cc1Cl. The summed E-state index contributed by atoms with van der Waals surface area (Å²) in [5.74, 6) is -1.80. The lowest BCUT2D eigenvalue weighted by atomic mass is 10.1. The molecular weight excluding hydrogens is 405 g/mol. The maximum Gasteiger partial charge on any atom is 0.357 e. The highest BCUT2D eigenvalue weighted by Crippen LogP contribution is 2.26. The molecule has 0 unspecified atom stereocenters. The van der Waals surface area contributed by atoms with Gasteiger partial charge in [-0.05, 0) is 30.7 Å². The summed E-state index contributed by atoms with van der Waals surface area (Å²) in [7, 11) is 0. The molecule has 0 bridgehead atoms. The van der Waals surface area contributed by atoms with Gasteiger partial charge in [0.1, 0.15) is 6.54 Å². The van der Waals surface area contributed by atoms with Crippen LogP contribution in [0.4, 0.5) is 0 Å². The van der Waals surface area contributed by atoms with Crippen LogP contribution in [0.1, 0.15) is 29.0 Å². The molecule has 0 saturated heterocycles. The Kier molecular flexibility index (Phi) is 5.67. The molecule has 3 rings (SSSR count). The molecule has 0 fully saturated rings. The highest BCUT2D eigenvalue weighted by Gasteiger charge is 2.18. The molecule has 0 aliphatic carbocycles. The number of hydrogen-bond donors (Lipinski definition) is 2. The first kappa shape index (κ1) is 19.9. The van der Waals surface area contributed by atoms with E-state index in [0.29, 0.717) is 15.6 Å². The van der Waals surface area contributed by atoms with Crippen molar-refractivity contribution in [2.45, 2.75) is 19.5 Å². The molecule has 0 aliphatic rings. The zero-order chi connectivity index (χ0) is 20.4. The van der Waals surface area contributed by atoms with Crippen LogP contribution in [0.15, 0.2) is 47.3 Å². The monoisotopic (exact) mass is 419 g/mol. The van der Waals surface area contributed by atoms with E-state index in [0.717, 1.165) is 4.68 Å². The number of carbonyl (C=O) groups is 2. The third-order valence-corrected chi connectivity index (χ3v) is 4.73. The first-order valence-corrected chi connectivity index (χ1v) is 9.01. The number of carboxylic acids is 1. The molecule has 1 heterocycles. The van der Waals surface area contributed by atoms with Crippen molar-refractivity contribution >= 4 is 45.9 Å². The average molecular weight is 420 g/mol. The fraction of sp³-hybridized carbons (Fsp3) is 0.158. The number of hydrogen-bond acceptors (Lipinski definition) is 4. The van der Waals surface area contributed by atoms with Gasteiger partial charge in [0, 0.05) is 15.4 Å². The normalized spacial score (nSPS) is 12.0. The number of amides is 1. The highest BCUT2D eigenvalue weighted by molar-refractivity contribution is 6.35. The van der Waals surface area contributed by atoms with Crippen LogP contribution >= 0.6 is 23.2 Å². The minimum Gasteiger partial charge on any atom is -0.476 e. The number of halogens is 2. The number of aromatic carboxylic acids is 1. The molecule has 1 atom stereocenters. The Morgan fingerprint density at radius 1 is 1.18 bits per heavy atom. The van der Waals surface area contributed by atoms with E-state index in [2.05, 4.69) is 10.4 Å². The van der Waals surface area contributed by atoms with Crippen LogP contribution in [0.3, 0.4) is 0 Å². The Bertz CT molecular complexity index is 1140. The van der Waals surface area contributed by atoms with Gasteiger partial charge < -0.3 is 10.4 Å². The summed E-state index contributed by atoms with van der Waals surface area (Å²) < 4.78 is 0.845. The molecule has 2 N–H and O–H groups in total. The predicted molar refractivity (Wildman–Crippen MR) is 106 cm³/mol. The van der Waals surface area contributed by atoms with Crippen molar-refractivity contribution in [2.24, 2.45) is 0 Å². The van der Waals surface area contributed by atoms with Crippen LogP contribution in [0, 0.1) is 0 Å². The largest absolute Gasteiger partial charge is 0.476 e. The summed E-state index contributed by atoms with van der Waals surface area (Å²) >= 11 is 12.0. The van der Waals surface area contributed by atoms with Gasteiger partial charge >= 0.3 is 5.97 Å². The second-order valence-corrected chi connectivity index (χ2v) is 6.96. The topological polar surface area (TPSA) is 101 Å². The lowest BCUT2D eigenvalue weighted by Gasteiger charge is -2.16. The fourth-order valence-electron chi connectivity index (χ4n) is 2.85. The summed E-state index contributed by atoms with van der Waals surface area (Å²) in [5, 5.41) is 17.2. The summed E-state index contributed by atoms with van der Waals surface area (Å²) in [6, 6.07) is 10.7. The fourth-order valence-corrected chi connectivity index (χ4v) is 3.43. The molecular formula is C19H15Cl2N3O4. The van der Waals surface area contributed by atoms with E-state index in [4.69, 9.17) is 23.2 Å². The summed E-state index contributed by atoms with van der Waals surface area (Å²) in [6.45, 7) is 1.30. The Morgan fingerprint density at radius 3 is 2.50 bits per heavy atom. The summed E-state index contributed by atoms with van der Waals surface area (Å²) in [4.78, 5) is 36.5. The van der Waals surface area contributed by atoms with Crippen molar-refractivity contribution in [3.63, 3.8) is 0 Å². The van der Waals surface area contributed by atoms with Crippen molar-refractivity contribution < 1.29 is 14.7 Å². The standard InChI is InChI=1S/C19H15Cl2N3O4/c1-10(12-7-6-11(20)8-15(12)21)22-16(25)9-24-18(26)14-5-3-2-4-13(14)17(23-24)19(27)28/h2-8,10H,9H2,1H3,(H,22,25)(H,27,28)/t10-/m1/s1. The van der Waals surface area contributed by atoms with Gasteiger partial charge in [0.05, 0.1) is 11.4 Å². The number of carbonyl (C=O) groups excluding carboxylic acids is 1. The Labute approximate surface area is 169 Å². The first-order chi connectivity index (χ1) is 13.3. The van der Waals surface area contributed by atoms with Crippen molar-refractivity contribution in [2.75, 3.05) is 0 Å². The number of nitrogens with one attached hydrogen (secondary N) is 1. The first-order valence-electron chi connectivity index (χ1n) is 8.25. The zero-order valence-electron chi connectivity index (χ0n) is 14.6. The molecule has 1 amide bonds. The molecule has 7 nitrogen and oxygen atoms in total. The molecule has 0 spiro atoms. The lowest BCUT2D eigenvalue weighted by Crippen LogP contribution is -2.36. The maximum atomic E-state index is 12.6. The van der Waals surface area contributed by atoms with E-state index in [1.807, 2.05) is 0 Å². The molecule has 0 radical (unpaired) electrons. The van der Waals surface area contributed by atoms with Gasteiger partial charge in [-0.25, -0.2) is 9.48 Å². The van der Waals surface area contributed by atoms with Gasteiger partial charge in [-0.15, -0.1) is 0 Å². The average Bonchev–Trinajstić information content (AvgIpc) is 2.63. The highest BCUT2D eigenvalue weighted by atomic mass is 35.5. The minimum absolute atomic E-state index is 0.177. The van der Waals surface area contributed by atoms with E-state index in [9.17, 15) is 19.5 Å². The van der Waals surface area contributed by atoms with Gasteiger partial charge in [0.15, 0.2) is 5.69 Å². The summed E-state index contributed by atoms with van der Waals surface area (Å²) in [5.41, 5.74) is -0.186. The second kappa shape index (κ2) is 8.00. The van der Waals surface area contributed by atoms with Gasteiger partial charge in [-0.2, -0.15) is 5.10 Å². The quantitative estimate of drug-likeness (QED) is 0.660. The van der Waals surface area contributed by atoms with E-state index in [1.165, 1.54) is 12.1 Å². The van der Waals surface area contributed by atoms with Crippen molar-refractivity contribution in [1.29, 1.82) is 0 Å². The Balaban J connectivity index is 1.88. The molecule has 0 aliphatic heterocycles. The minimum atomic E-state index is -1.29.